The highest BCUT2D eigenvalue weighted by Crippen LogP contribution is 2.25. The molecule has 0 aliphatic rings. The molecule has 0 spiro atoms. The summed E-state index contributed by atoms with van der Waals surface area (Å²) in [5, 5.41) is 9.41. The lowest BCUT2D eigenvalue weighted by atomic mass is 10.2. The zero-order valence-electron chi connectivity index (χ0n) is 18.1. The van der Waals surface area contributed by atoms with Gasteiger partial charge in [0.05, 0.1) is 13.7 Å². The summed E-state index contributed by atoms with van der Waals surface area (Å²) in [7, 11) is 1.16. The fraction of sp³-hybridized carbons (Fsp3) is 0.286. The molecular weight excluding hydrogens is 436 g/mol. The standard InChI is InChI=1S/C21H24N4O6S/c1-12(19(28)30-5)23-16(26)10-22-17(27)15-11-32-18(25-15)13-6-8-14(9-7-13)24-20(29)31-21(2,3)4/h6-9,11H,1,10H2,2-5H3,(H,22,27)(H,23,26)(H,24,29). The summed E-state index contributed by atoms with van der Waals surface area (Å²) < 4.78 is 9.63. The number of carbonyl (C=O) groups excluding carboxylic acids is 4. The van der Waals surface area contributed by atoms with E-state index >= 15 is 0 Å². The maximum absolute atomic E-state index is 12.2. The number of carbonyl (C=O) groups is 4. The first-order chi connectivity index (χ1) is 15.0. The second kappa shape index (κ2) is 10.5. The molecule has 170 valence electrons. The van der Waals surface area contributed by atoms with Crippen LogP contribution >= 0.6 is 11.3 Å². The van der Waals surface area contributed by atoms with Crippen LogP contribution in [0, 0.1) is 0 Å². The number of amides is 3. The molecular formula is C21H24N4O6S. The molecule has 0 unspecified atom stereocenters. The fourth-order valence-electron chi connectivity index (χ4n) is 2.27. The highest BCUT2D eigenvalue weighted by molar-refractivity contribution is 7.13. The van der Waals surface area contributed by atoms with Crippen LogP contribution in [0.25, 0.3) is 10.6 Å². The Balaban J connectivity index is 1.92. The summed E-state index contributed by atoms with van der Waals surface area (Å²) in [6.07, 6.45) is -0.558. The van der Waals surface area contributed by atoms with Gasteiger partial charge in [-0.05, 0) is 45.0 Å². The molecule has 0 saturated carbocycles. The van der Waals surface area contributed by atoms with E-state index in [4.69, 9.17) is 4.74 Å². The van der Waals surface area contributed by atoms with Gasteiger partial charge in [-0.3, -0.25) is 14.9 Å². The number of aromatic nitrogens is 1. The predicted molar refractivity (Wildman–Crippen MR) is 119 cm³/mol. The first-order valence-electron chi connectivity index (χ1n) is 9.39. The van der Waals surface area contributed by atoms with Gasteiger partial charge in [-0.2, -0.15) is 0 Å². The third kappa shape index (κ3) is 7.51. The van der Waals surface area contributed by atoms with Crippen molar-refractivity contribution in [1.82, 2.24) is 15.6 Å². The first-order valence-corrected chi connectivity index (χ1v) is 10.3. The minimum atomic E-state index is -0.777. The summed E-state index contributed by atoms with van der Waals surface area (Å²) in [6, 6.07) is 6.88. The number of hydrogen-bond donors (Lipinski definition) is 3. The number of thiazole rings is 1. The molecule has 0 radical (unpaired) electrons. The van der Waals surface area contributed by atoms with E-state index in [1.807, 2.05) is 0 Å². The van der Waals surface area contributed by atoms with Crippen molar-refractivity contribution in [3.8, 4) is 10.6 Å². The highest BCUT2D eigenvalue weighted by Gasteiger charge is 2.17. The van der Waals surface area contributed by atoms with Gasteiger partial charge in [0.15, 0.2) is 0 Å². The normalized spacial score (nSPS) is 10.6. The lowest BCUT2D eigenvalue weighted by molar-refractivity contribution is -0.137. The van der Waals surface area contributed by atoms with E-state index in [2.05, 4.69) is 32.3 Å². The Hall–Kier alpha value is -3.73. The maximum atomic E-state index is 12.2. The van der Waals surface area contributed by atoms with Crippen molar-refractivity contribution in [1.29, 1.82) is 0 Å². The average molecular weight is 461 g/mol. The molecule has 2 rings (SSSR count). The number of nitrogens with zero attached hydrogens (tertiary/aromatic N) is 1. The van der Waals surface area contributed by atoms with Crippen LogP contribution in [-0.4, -0.2) is 48.1 Å². The van der Waals surface area contributed by atoms with E-state index in [9.17, 15) is 19.2 Å². The van der Waals surface area contributed by atoms with Crippen molar-refractivity contribution in [2.45, 2.75) is 26.4 Å². The molecule has 32 heavy (non-hydrogen) atoms. The lowest BCUT2D eigenvalue weighted by Gasteiger charge is -2.19. The Morgan fingerprint density at radius 1 is 1.12 bits per heavy atom. The number of esters is 1. The van der Waals surface area contributed by atoms with E-state index < -0.39 is 29.5 Å². The van der Waals surface area contributed by atoms with Crippen LogP contribution in [0.1, 0.15) is 31.3 Å². The largest absolute Gasteiger partial charge is 0.464 e. The van der Waals surface area contributed by atoms with Crippen molar-refractivity contribution in [2.24, 2.45) is 0 Å². The molecule has 1 aromatic carbocycles. The zero-order chi connectivity index (χ0) is 23.9. The molecule has 10 nitrogen and oxygen atoms in total. The number of ether oxygens (including phenoxy) is 2. The SMILES string of the molecule is C=C(NC(=O)CNC(=O)c1csc(-c2ccc(NC(=O)OC(C)(C)C)cc2)n1)C(=O)OC. The van der Waals surface area contributed by atoms with E-state index in [1.165, 1.54) is 11.3 Å². The molecule has 3 amide bonds. The monoisotopic (exact) mass is 460 g/mol. The van der Waals surface area contributed by atoms with Gasteiger partial charge >= 0.3 is 12.1 Å². The number of hydrogen-bond acceptors (Lipinski definition) is 8. The minimum absolute atomic E-state index is 0.139. The molecule has 0 saturated heterocycles. The van der Waals surface area contributed by atoms with Crippen LogP contribution < -0.4 is 16.0 Å². The van der Waals surface area contributed by atoms with Gasteiger partial charge in [0, 0.05) is 16.6 Å². The summed E-state index contributed by atoms with van der Waals surface area (Å²) >= 11 is 1.25. The third-order valence-corrected chi connectivity index (χ3v) is 4.54. The Labute approximate surface area is 189 Å². The Kier molecular flexibility index (Phi) is 8.08. The van der Waals surface area contributed by atoms with E-state index in [-0.39, 0.29) is 17.9 Å². The Morgan fingerprint density at radius 3 is 2.38 bits per heavy atom. The van der Waals surface area contributed by atoms with Crippen LogP contribution in [-0.2, 0) is 19.1 Å². The van der Waals surface area contributed by atoms with Crippen LogP contribution in [0.2, 0.25) is 0 Å². The first kappa shape index (κ1) is 24.5. The van der Waals surface area contributed by atoms with Crippen LogP contribution in [0.5, 0.6) is 0 Å². The smallest absolute Gasteiger partial charge is 0.412 e. The molecule has 0 aliphatic carbocycles. The van der Waals surface area contributed by atoms with Crippen molar-refractivity contribution < 1.29 is 28.7 Å². The van der Waals surface area contributed by atoms with Crippen LogP contribution in [0.4, 0.5) is 10.5 Å². The minimum Gasteiger partial charge on any atom is -0.464 e. The molecule has 2 aromatic rings. The van der Waals surface area contributed by atoms with E-state index in [1.54, 1.807) is 50.4 Å². The predicted octanol–water partition coefficient (Wildman–Crippen LogP) is 2.69. The quantitative estimate of drug-likeness (QED) is 0.427. The molecule has 3 N–H and O–H groups in total. The molecule has 0 bridgehead atoms. The Bertz CT molecular complexity index is 1020. The van der Waals surface area contributed by atoms with Gasteiger partial charge < -0.3 is 20.1 Å². The van der Waals surface area contributed by atoms with Gasteiger partial charge in [0.2, 0.25) is 5.91 Å². The van der Waals surface area contributed by atoms with Crippen molar-refractivity contribution in [2.75, 3.05) is 19.0 Å². The van der Waals surface area contributed by atoms with Gasteiger partial charge in [-0.25, -0.2) is 14.6 Å². The second-order valence-electron chi connectivity index (χ2n) is 7.44. The van der Waals surface area contributed by atoms with Crippen molar-refractivity contribution in [3.63, 3.8) is 0 Å². The fourth-order valence-corrected chi connectivity index (χ4v) is 3.07. The molecule has 11 heteroatoms. The molecule has 0 fully saturated rings. The molecule has 1 heterocycles. The number of methoxy groups -OCH3 is 1. The zero-order valence-corrected chi connectivity index (χ0v) is 18.9. The maximum Gasteiger partial charge on any atom is 0.412 e. The van der Waals surface area contributed by atoms with Crippen LogP contribution in [0.15, 0.2) is 41.9 Å². The Morgan fingerprint density at radius 2 is 1.78 bits per heavy atom. The summed E-state index contributed by atoms with van der Waals surface area (Å²) in [4.78, 5) is 51.3. The van der Waals surface area contributed by atoms with Crippen LogP contribution in [0.3, 0.4) is 0 Å². The molecule has 1 aromatic heterocycles. The van der Waals surface area contributed by atoms with Gasteiger partial charge in [0.1, 0.15) is 22.0 Å². The van der Waals surface area contributed by atoms with E-state index in [0.717, 1.165) is 12.7 Å². The number of benzene rings is 1. The van der Waals surface area contributed by atoms with Gasteiger partial charge in [0.25, 0.3) is 5.91 Å². The number of anilines is 1. The summed E-state index contributed by atoms with van der Waals surface area (Å²) in [6.45, 7) is 8.32. The average Bonchev–Trinajstić information content (AvgIpc) is 3.20. The molecule has 0 aliphatic heterocycles. The van der Waals surface area contributed by atoms with Crippen molar-refractivity contribution >= 4 is 40.9 Å². The van der Waals surface area contributed by atoms with E-state index in [0.29, 0.717) is 10.7 Å². The van der Waals surface area contributed by atoms with Gasteiger partial charge in [-0.15, -0.1) is 11.3 Å². The third-order valence-electron chi connectivity index (χ3n) is 3.65. The summed E-state index contributed by atoms with van der Waals surface area (Å²) in [5.74, 6) is -1.95. The second-order valence-corrected chi connectivity index (χ2v) is 8.30. The number of nitrogens with one attached hydrogen (secondary N) is 3. The van der Waals surface area contributed by atoms with Gasteiger partial charge in [-0.1, -0.05) is 6.58 Å². The highest BCUT2D eigenvalue weighted by atomic mass is 32.1. The topological polar surface area (TPSA) is 136 Å². The number of rotatable bonds is 7. The van der Waals surface area contributed by atoms with Crippen molar-refractivity contribution in [3.05, 3.63) is 47.6 Å². The molecule has 0 atom stereocenters. The summed E-state index contributed by atoms with van der Waals surface area (Å²) in [5.41, 5.74) is 0.610. The lowest BCUT2D eigenvalue weighted by Crippen LogP contribution is -2.38.